The Morgan fingerprint density at radius 2 is 1.38 bits per heavy atom. The summed E-state index contributed by atoms with van der Waals surface area (Å²) in [7, 11) is 1.00. The molecule has 2 aliphatic rings. The normalized spacial score (nSPS) is 23.2. The Kier molecular flexibility index (Phi) is 6.69. The molecule has 0 bridgehead atoms. The summed E-state index contributed by atoms with van der Waals surface area (Å²) in [4.78, 5) is 9.91. The van der Waals surface area contributed by atoms with Gasteiger partial charge in [0.2, 0.25) is 0 Å². The van der Waals surface area contributed by atoms with E-state index in [1.54, 1.807) is 24.3 Å². The van der Waals surface area contributed by atoms with E-state index in [0.717, 1.165) is 58.9 Å². The molecule has 0 amide bonds. The molecular weight excluding hydrogens is 348 g/mol. The first kappa shape index (κ1) is 19.8. The molecule has 2 heterocycles. The van der Waals surface area contributed by atoms with Gasteiger partial charge in [-0.2, -0.15) is 0 Å². The predicted molar refractivity (Wildman–Crippen MR) is 105 cm³/mol. The first-order valence-electron chi connectivity index (χ1n) is 9.55. The molecule has 0 aromatic heterocycles. The van der Waals surface area contributed by atoms with E-state index in [0.29, 0.717) is 4.90 Å². The van der Waals surface area contributed by atoms with Crippen molar-refractivity contribution in [2.45, 2.75) is 10.9 Å². The summed E-state index contributed by atoms with van der Waals surface area (Å²) in [5.41, 5.74) is 0. The van der Waals surface area contributed by atoms with E-state index in [1.165, 1.54) is 0 Å². The van der Waals surface area contributed by atoms with Crippen LogP contribution in [-0.2, 0) is 9.84 Å². The second kappa shape index (κ2) is 8.80. The molecule has 0 spiro atoms. The van der Waals surface area contributed by atoms with Crippen molar-refractivity contribution in [1.29, 1.82) is 0 Å². The molecule has 0 N–H and O–H groups in total. The van der Waals surface area contributed by atoms with Gasteiger partial charge in [-0.05, 0) is 26.2 Å². The highest BCUT2D eigenvalue weighted by Crippen LogP contribution is 2.17. The minimum absolute atomic E-state index is 0.0531. The SMILES string of the molecule is CN1CCN(C[C@H](CS(=O)(=O)c2ccccc2)N2CCN(C)CC2)CC1. The molecule has 2 fully saturated rings. The van der Waals surface area contributed by atoms with Crippen LogP contribution in [0.1, 0.15) is 0 Å². The molecule has 146 valence electrons. The average Bonchev–Trinajstić information content (AvgIpc) is 2.64. The molecule has 7 heteroatoms. The van der Waals surface area contributed by atoms with Crippen LogP contribution in [0.25, 0.3) is 0 Å². The molecule has 3 rings (SSSR count). The maximum Gasteiger partial charge on any atom is 0.179 e. The number of piperazine rings is 2. The Balaban J connectivity index is 1.72. The van der Waals surface area contributed by atoms with E-state index in [4.69, 9.17) is 0 Å². The van der Waals surface area contributed by atoms with Gasteiger partial charge in [0.15, 0.2) is 9.84 Å². The number of nitrogens with zero attached hydrogens (tertiary/aromatic N) is 4. The van der Waals surface area contributed by atoms with Crippen LogP contribution in [-0.4, -0.2) is 113 Å². The third kappa shape index (κ3) is 5.27. The lowest BCUT2D eigenvalue weighted by Crippen LogP contribution is -2.56. The fraction of sp³-hybridized carbons (Fsp3) is 0.684. The van der Waals surface area contributed by atoms with E-state index in [-0.39, 0.29) is 11.8 Å². The molecule has 0 unspecified atom stereocenters. The van der Waals surface area contributed by atoms with Crippen molar-refractivity contribution >= 4 is 9.84 Å². The summed E-state index contributed by atoms with van der Waals surface area (Å²) in [5, 5.41) is 0. The monoisotopic (exact) mass is 380 g/mol. The highest BCUT2D eigenvalue weighted by atomic mass is 32.2. The maximum absolute atomic E-state index is 13.0. The van der Waals surface area contributed by atoms with E-state index in [2.05, 4.69) is 33.7 Å². The fourth-order valence-corrected chi connectivity index (χ4v) is 5.35. The van der Waals surface area contributed by atoms with Gasteiger partial charge in [0.05, 0.1) is 10.6 Å². The van der Waals surface area contributed by atoms with Crippen molar-refractivity contribution in [3.05, 3.63) is 30.3 Å². The standard InChI is InChI=1S/C19H32N4O2S/c1-20-8-12-22(13-9-20)16-18(23-14-10-21(2)11-15-23)17-26(24,25)19-6-4-3-5-7-19/h3-7,18H,8-17H2,1-2H3/t18-/m1/s1. The van der Waals surface area contributed by atoms with Gasteiger partial charge >= 0.3 is 0 Å². The van der Waals surface area contributed by atoms with Gasteiger partial charge in [0.25, 0.3) is 0 Å². The van der Waals surface area contributed by atoms with Crippen LogP contribution in [0.5, 0.6) is 0 Å². The van der Waals surface area contributed by atoms with Crippen molar-refractivity contribution in [2.75, 3.05) is 78.8 Å². The summed E-state index contributed by atoms with van der Waals surface area (Å²) in [6.07, 6.45) is 0. The van der Waals surface area contributed by atoms with Gasteiger partial charge in [-0.3, -0.25) is 9.80 Å². The molecule has 2 saturated heterocycles. The molecule has 1 aromatic carbocycles. The number of rotatable bonds is 6. The summed E-state index contributed by atoms with van der Waals surface area (Å²) in [6.45, 7) is 8.89. The number of hydrogen-bond acceptors (Lipinski definition) is 6. The second-order valence-corrected chi connectivity index (χ2v) is 9.73. The molecule has 0 saturated carbocycles. The lowest BCUT2D eigenvalue weighted by molar-refractivity contribution is 0.0773. The Hall–Kier alpha value is -0.990. The first-order chi connectivity index (χ1) is 12.4. The highest BCUT2D eigenvalue weighted by molar-refractivity contribution is 7.91. The van der Waals surface area contributed by atoms with Gasteiger partial charge in [0.1, 0.15) is 0 Å². The van der Waals surface area contributed by atoms with Crippen LogP contribution in [0.3, 0.4) is 0 Å². The summed E-state index contributed by atoms with van der Waals surface area (Å²) in [6, 6.07) is 8.95. The first-order valence-corrected chi connectivity index (χ1v) is 11.2. The summed E-state index contributed by atoms with van der Waals surface area (Å²) >= 11 is 0. The minimum Gasteiger partial charge on any atom is -0.304 e. The van der Waals surface area contributed by atoms with E-state index >= 15 is 0 Å². The van der Waals surface area contributed by atoms with Crippen molar-refractivity contribution in [1.82, 2.24) is 19.6 Å². The minimum atomic E-state index is -3.28. The summed E-state index contributed by atoms with van der Waals surface area (Å²) in [5.74, 6) is 0.201. The highest BCUT2D eigenvalue weighted by Gasteiger charge is 2.30. The Morgan fingerprint density at radius 3 is 1.96 bits per heavy atom. The molecule has 0 aliphatic carbocycles. The van der Waals surface area contributed by atoms with Gasteiger partial charge in [0, 0.05) is 64.9 Å². The van der Waals surface area contributed by atoms with Crippen LogP contribution in [0.15, 0.2) is 35.2 Å². The maximum atomic E-state index is 13.0. The van der Waals surface area contributed by atoms with Gasteiger partial charge < -0.3 is 9.80 Å². The average molecular weight is 381 g/mol. The van der Waals surface area contributed by atoms with Crippen molar-refractivity contribution in [3.63, 3.8) is 0 Å². The smallest absolute Gasteiger partial charge is 0.179 e. The van der Waals surface area contributed by atoms with Gasteiger partial charge in [-0.25, -0.2) is 8.42 Å². The van der Waals surface area contributed by atoms with Crippen LogP contribution in [0.2, 0.25) is 0 Å². The van der Waals surface area contributed by atoms with Crippen LogP contribution >= 0.6 is 0 Å². The number of hydrogen-bond donors (Lipinski definition) is 0. The van der Waals surface area contributed by atoms with Crippen LogP contribution < -0.4 is 0 Å². The molecule has 6 nitrogen and oxygen atoms in total. The van der Waals surface area contributed by atoms with Crippen molar-refractivity contribution < 1.29 is 8.42 Å². The molecule has 1 aromatic rings. The second-order valence-electron chi connectivity index (χ2n) is 7.69. The van der Waals surface area contributed by atoms with E-state index in [9.17, 15) is 8.42 Å². The number of benzene rings is 1. The fourth-order valence-electron chi connectivity index (χ4n) is 3.77. The third-order valence-electron chi connectivity index (χ3n) is 5.63. The van der Waals surface area contributed by atoms with Crippen LogP contribution in [0, 0.1) is 0 Å². The predicted octanol–water partition coefficient (Wildman–Crippen LogP) is 0.324. The topological polar surface area (TPSA) is 47.1 Å². The van der Waals surface area contributed by atoms with Crippen molar-refractivity contribution in [3.8, 4) is 0 Å². The number of sulfone groups is 1. The number of likely N-dealkylation sites (N-methyl/N-ethyl adjacent to an activating group) is 2. The Morgan fingerprint density at radius 1 is 0.846 bits per heavy atom. The molecule has 26 heavy (non-hydrogen) atoms. The zero-order chi connectivity index (χ0) is 18.6. The quantitative estimate of drug-likeness (QED) is 0.709. The van der Waals surface area contributed by atoms with E-state index < -0.39 is 9.84 Å². The lowest BCUT2D eigenvalue weighted by atomic mass is 10.2. The molecule has 1 atom stereocenters. The Labute approximate surface area is 158 Å². The summed E-state index contributed by atoms with van der Waals surface area (Å²) < 4.78 is 26.0. The van der Waals surface area contributed by atoms with Gasteiger partial charge in [-0.15, -0.1) is 0 Å². The van der Waals surface area contributed by atoms with Crippen LogP contribution in [0.4, 0.5) is 0 Å². The van der Waals surface area contributed by atoms with E-state index in [1.807, 2.05) is 6.07 Å². The van der Waals surface area contributed by atoms with Crippen molar-refractivity contribution in [2.24, 2.45) is 0 Å². The third-order valence-corrected chi connectivity index (χ3v) is 7.45. The lowest BCUT2D eigenvalue weighted by Gasteiger charge is -2.41. The zero-order valence-electron chi connectivity index (χ0n) is 16.0. The molecule has 0 radical (unpaired) electrons. The zero-order valence-corrected chi connectivity index (χ0v) is 16.9. The molecular formula is C19H32N4O2S. The van der Waals surface area contributed by atoms with Gasteiger partial charge in [-0.1, -0.05) is 18.2 Å². The largest absolute Gasteiger partial charge is 0.304 e. The Bertz CT molecular complexity index is 651. The molecule has 2 aliphatic heterocycles.